The molecule has 1 aliphatic rings. The summed E-state index contributed by atoms with van der Waals surface area (Å²) < 4.78 is 27.7. The Morgan fingerprint density at radius 2 is 2.29 bits per heavy atom. The molecule has 2 N–H and O–H groups in total. The average Bonchev–Trinajstić information content (AvgIpc) is 2.76. The maximum absolute atomic E-state index is 11.9. The molecule has 0 aromatic carbocycles. The number of sulfonamides is 1. The zero-order chi connectivity index (χ0) is 12.3. The SMILES string of the molecule is O=S(=O)(NC[C@@H]1CCCCN1)c1ccc(Br)s1. The van der Waals surface area contributed by atoms with Gasteiger partial charge in [0.1, 0.15) is 4.21 Å². The maximum Gasteiger partial charge on any atom is 0.250 e. The minimum Gasteiger partial charge on any atom is -0.313 e. The van der Waals surface area contributed by atoms with E-state index in [9.17, 15) is 8.42 Å². The molecule has 1 atom stereocenters. The van der Waals surface area contributed by atoms with Gasteiger partial charge >= 0.3 is 0 Å². The summed E-state index contributed by atoms with van der Waals surface area (Å²) in [5.41, 5.74) is 0. The molecule has 0 radical (unpaired) electrons. The molecule has 17 heavy (non-hydrogen) atoms. The van der Waals surface area contributed by atoms with Gasteiger partial charge in [-0.05, 0) is 47.4 Å². The quantitative estimate of drug-likeness (QED) is 0.881. The number of nitrogens with one attached hydrogen (secondary N) is 2. The van der Waals surface area contributed by atoms with Crippen LogP contribution >= 0.6 is 27.3 Å². The summed E-state index contributed by atoms with van der Waals surface area (Å²) in [7, 11) is -3.34. The molecule has 0 unspecified atom stereocenters. The highest BCUT2D eigenvalue weighted by Crippen LogP contribution is 2.25. The molecule has 0 aliphatic carbocycles. The molecule has 0 spiro atoms. The lowest BCUT2D eigenvalue weighted by Gasteiger charge is -2.23. The number of rotatable bonds is 4. The Bertz CT molecular complexity index is 466. The zero-order valence-electron chi connectivity index (χ0n) is 9.28. The van der Waals surface area contributed by atoms with Crippen molar-refractivity contribution in [3.63, 3.8) is 0 Å². The second-order valence-corrected chi connectivity index (χ2v) is 8.51. The number of thiophene rings is 1. The van der Waals surface area contributed by atoms with E-state index in [1.165, 1.54) is 24.2 Å². The third-order valence-corrected chi connectivity index (χ3v) is 6.28. The van der Waals surface area contributed by atoms with Gasteiger partial charge in [0, 0.05) is 12.6 Å². The summed E-state index contributed by atoms with van der Waals surface area (Å²) in [6, 6.07) is 3.63. The van der Waals surface area contributed by atoms with E-state index < -0.39 is 10.0 Å². The van der Waals surface area contributed by atoms with Gasteiger partial charge in [-0.2, -0.15) is 0 Å². The van der Waals surface area contributed by atoms with Gasteiger partial charge in [0.25, 0.3) is 0 Å². The van der Waals surface area contributed by atoms with Gasteiger partial charge in [-0.3, -0.25) is 0 Å². The van der Waals surface area contributed by atoms with Gasteiger partial charge in [0.15, 0.2) is 0 Å². The van der Waals surface area contributed by atoms with E-state index in [-0.39, 0.29) is 6.04 Å². The Balaban J connectivity index is 1.93. The molecule has 0 amide bonds. The second kappa shape index (κ2) is 5.79. The van der Waals surface area contributed by atoms with Crippen LogP contribution < -0.4 is 10.0 Å². The fourth-order valence-corrected chi connectivity index (χ4v) is 4.96. The molecular formula is C10H15BrN2O2S2. The molecule has 1 aromatic heterocycles. The fraction of sp³-hybridized carbons (Fsp3) is 0.600. The van der Waals surface area contributed by atoms with Crippen molar-refractivity contribution >= 4 is 37.3 Å². The van der Waals surface area contributed by atoms with Crippen LogP contribution in [-0.2, 0) is 10.0 Å². The summed E-state index contributed by atoms with van der Waals surface area (Å²) in [4.78, 5) is 0. The molecule has 4 nitrogen and oxygen atoms in total. The van der Waals surface area contributed by atoms with Crippen molar-refractivity contribution in [2.75, 3.05) is 13.1 Å². The first-order valence-corrected chi connectivity index (χ1v) is 8.65. The molecule has 1 fully saturated rings. The standard InChI is InChI=1S/C10H15BrN2O2S2/c11-9-4-5-10(16-9)17(14,15)13-7-8-3-1-2-6-12-8/h4-5,8,12-13H,1-3,6-7H2/t8-/m0/s1. The molecule has 2 rings (SSSR count). The van der Waals surface area contributed by atoms with Crippen LogP contribution in [0.4, 0.5) is 0 Å². The molecule has 2 heterocycles. The molecular weight excluding hydrogens is 324 g/mol. The molecule has 0 saturated carbocycles. The highest BCUT2D eigenvalue weighted by Gasteiger charge is 2.19. The fourth-order valence-electron chi connectivity index (χ4n) is 1.82. The van der Waals surface area contributed by atoms with Crippen molar-refractivity contribution < 1.29 is 8.42 Å². The number of hydrogen-bond acceptors (Lipinski definition) is 4. The predicted molar refractivity (Wildman–Crippen MR) is 72.8 cm³/mol. The van der Waals surface area contributed by atoms with Crippen LogP contribution in [0.3, 0.4) is 0 Å². The van der Waals surface area contributed by atoms with Crippen LogP contribution in [0.1, 0.15) is 19.3 Å². The van der Waals surface area contributed by atoms with E-state index >= 15 is 0 Å². The Kier molecular flexibility index (Phi) is 4.59. The third-order valence-electron chi connectivity index (χ3n) is 2.75. The summed E-state index contributed by atoms with van der Waals surface area (Å²) in [6.45, 7) is 1.45. The lowest BCUT2D eigenvalue weighted by Crippen LogP contribution is -2.43. The van der Waals surface area contributed by atoms with Crippen LogP contribution in [-0.4, -0.2) is 27.5 Å². The first-order chi connectivity index (χ1) is 8.08. The third kappa shape index (κ3) is 3.75. The topological polar surface area (TPSA) is 58.2 Å². The lowest BCUT2D eigenvalue weighted by molar-refractivity contribution is 0.398. The molecule has 96 valence electrons. The van der Waals surface area contributed by atoms with Crippen molar-refractivity contribution in [1.82, 2.24) is 10.0 Å². The van der Waals surface area contributed by atoms with E-state index in [0.29, 0.717) is 10.8 Å². The van der Waals surface area contributed by atoms with Crippen LogP contribution in [0.2, 0.25) is 0 Å². The van der Waals surface area contributed by atoms with Crippen molar-refractivity contribution in [2.45, 2.75) is 29.5 Å². The Labute approximate surface area is 114 Å². The molecule has 7 heteroatoms. The second-order valence-electron chi connectivity index (χ2n) is 4.06. The van der Waals surface area contributed by atoms with Crippen molar-refractivity contribution in [2.24, 2.45) is 0 Å². The number of hydrogen-bond donors (Lipinski definition) is 2. The Morgan fingerprint density at radius 1 is 1.47 bits per heavy atom. The Morgan fingerprint density at radius 3 is 2.88 bits per heavy atom. The van der Waals surface area contributed by atoms with Gasteiger partial charge in [0.2, 0.25) is 10.0 Å². The lowest BCUT2D eigenvalue weighted by atomic mass is 10.1. The van der Waals surface area contributed by atoms with Gasteiger partial charge < -0.3 is 5.32 Å². The minimum atomic E-state index is -3.34. The van der Waals surface area contributed by atoms with Crippen molar-refractivity contribution in [1.29, 1.82) is 0 Å². The molecule has 0 bridgehead atoms. The summed E-state index contributed by atoms with van der Waals surface area (Å²) in [6.07, 6.45) is 3.39. The number of piperidine rings is 1. The first kappa shape index (κ1) is 13.5. The van der Waals surface area contributed by atoms with E-state index in [2.05, 4.69) is 26.0 Å². The summed E-state index contributed by atoms with van der Waals surface area (Å²) >= 11 is 4.49. The summed E-state index contributed by atoms with van der Waals surface area (Å²) in [5.74, 6) is 0. The monoisotopic (exact) mass is 338 g/mol. The summed E-state index contributed by atoms with van der Waals surface area (Å²) in [5, 5.41) is 3.32. The van der Waals surface area contributed by atoms with Crippen molar-refractivity contribution in [3.8, 4) is 0 Å². The van der Waals surface area contributed by atoms with Gasteiger partial charge in [-0.25, -0.2) is 13.1 Å². The highest BCUT2D eigenvalue weighted by atomic mass is 79.9. The first-order valence-electron chi connectivity index (χ1n) is 5.56. The van der Waals surface area contributed by atoms with E-state index in [0.717, 1.165) is 16.8 Å². The maximum atomic E-state index is 11.9. The van der Waals surface area contributed by atoms with Crippen LogP contribution in [0.5, 0.6) is 0 Å². The molecule has 1 aliphatic heterocycles. The Hall–Kier alpha value is 0.0500. The van der Waals surface area contributed by atoms with E-state index in [1.807, 2.05) is 0 Å². The smallest absolute Gasteiger partial charge is 0.250 e. The normalized spacial score (nSPS) is 21.6. The highest BCUT2D eigenvalue weighted by molar-refractivity contribution is 9.11. The predicted octanol–water partition coefficient (Wildman–Crippen LogP) is 1.93. The van der Waals surface area contributed by atoms with Gasteiger partial charge in [0.05, 0.1) is 3.79 Å². The zero-order valence-corrected chi connectivity index (χ0v) is 12.5. The van der Waals surface area contributed by atoms with Gasteiger partial charge in [-0.15, -0.1) is 11.3 Å². The van der Waals surface area contributed by atoms with Gasteiger partial charge in [-0.1, -0.05) is 6.42 Å². The average molecular weight is 339 g/mol. The van der Waals surface area contributed by atoms with Crippen LogP contribution in [0, 0.1) is 0 Å². The molecule has 1 aromatic rings. The van der Waals surface area contributed by atoms with E-state index in [4.69, 9.17) is 0 Å². The largest absolute Gasteiger partial charge is 0.313 e. The van der Waals surface area contributed by atoms with Crippen molar-refractivity contribution in [3.05, 3.63) is 15.9 Å². The minimum absolute atomic E-state index is 0.266. The van der Waals surface area contributed by atoms with E-state index in [1.54, 1.807) is 12.1 Å². The van der Waals surface area contributed by atoms with Crippen LogP contribution in [0.15, 0.2) is 20.1 Å². The molecule has 1 saturated heterocycles. The van der Waals surface area contributed by atoms with Crippen LogP contribution in [0.25, 0.3) is 0 Å². The number of halogens is 1.